The first kappa shape index (κ1) is 28.5. The molecule has 0 heterocycles. The third kappa shape index (κ3) is 4.67. The zero-order chi connectivity index (χ0) is 31.8. The average Bonchev–Trinajstić information content (AvgIpc) is 3.05. The Morgan fingerprint density at radius 2 is 0.739 bits per heavy atom. The Bertz CT molecular complexity index is 2480. The van der Waals surface area contributed by atoms with Crippen LogP contribution in [0.3, 0.4) is 0 Å². The van der Waals surface area contributed by atoms with E-state index in [4.69, 9.17) is 0 Å². The Balaban J connectivity index is 1.53. The molecule has 0 aliphatic carbocycles. The molecule has 0 aromatic heterocycles. The van der Waals surface area contributed by atoms with Crippen molar-refractivity contribution in [2.75, 3.05) is 0 Å². The van der Waals surface area contributed by atoms with Crippen LogP contribution in [0.5, 0.6) is 0 Å². The van der Waals surface area contributed by atoms with E-state index in [1.807, 2.05) is 0 Å². The molecule has 0 saturated heterocycles. The molecule has 0 aliphatic rings. The summed E-state index contributed by atoms with van der Waals surface area (Å²) in [6, 6.07) is 50.4. The largest absolute Gasteiger partial charge is 0.0616 e. The molecule has 0 aliphatic heterocycles. The minimum absolute atomic E-state index is 0.0297. The van der Waals surface area contributed by atoms with Gasteiger partial charge in [-0.25, -0.2) is 0 Å². The van der Waals surface area contributed by atoms with Crippen molar-refractivity contribution in [2.45, 2.75) is 52.4 Å². The number of benzene rings is 8. The fourth-order valence-electron chi connectivity index (χ4n) is 7.30. The van der Waals surface area contributed by atoms with Crippen molar-refractivity contribution in [3.05, 3.63) is 145 Å². The summed E-state index contributed by atoms with van der Waals surface area (Å²) >= 11 is 0. The van der Waals surface area contributed by atoms with Gasteiger partial charge in [0.15, 0.2) is 0 Å². The lowest BCUT2D eigenvalue weighted by molar-refractivity contribution is 0.590. The highest BCUT2D eigenvalue weighted by Crippen LogP contribution is 2.47. The maximum atomic E-state index is 2.47. The quantitative estimate of drug-likeness (QED) is 0.138. The highest BCUT2D eigenvalue weighted by atomic mass is 14.3. The maximum absolute atomic E-state index is 2.47. The molecule has 0 amide bonds. The van der Waals surface area contributed by atoms with Gasteiger partial charge in [-0.05, 0) is 122 Å². The van der Waals surface area contributed by atoms with Gasteiger partial charge < -0.3 is 0 Å². The first-order valence-corrected chi connectivity index (χ1v) is 16.5. The lowest BCUT2D eigenvalue weighted by Gasteiger charge is -2.25. The predicted molar refractivity (Wildman–Crippen MR) is 202 cm³/mol. The lowest BCUT2D eigenvalue weighted by atomic mass is 9.79. The number of fused-ring (bicyclic) bond motifs is 6. The summed E-state index contributed by atoms with van der Waals surface area (Å²) in [5.41, 5.74) is 7.92. The smallest absolute Gasteiger partial charge is 0.00260 e. The zero-order valence-corrected chi connectivity index (χ0v) is 27.7. The van der Waals surface area contributed by atoms with Crippen molar-refractivity contribution in [3.8, 4) is 22.3 Å². The molecular formula is C46H40. The summed E-state index contributed by atoms with van der Waals surface area (Å²) in [4.78, 5) is 0. The van der Waals surface area contributed by atoms with E-state index in [9.17, 15) is 0 Å². The first-order chi connectivity index (χ1) is 22.1. The highest BCUT2D eigenvalue weighted by Gasteiger charge is 2.23. The van der Waals surface area contributed by atoms with Gasteiger partial charge in [-0.1, -0.05) is 151 Å². The van der Waals surface area contributed by atoms with E-state index >= 15 is 0 Å². The third-order valence-electron chi connectivity index (χ3n) is 9.92. The molecule has 0 radical (unpaired) electrons. The van der Waals surface area contributed by atoms with Crippen LogP contribution in [0.25, 0.3) is 76.1 Å². The monoisotopic (exact) mass is 592 g/mol. The van der Waals surface area contributed by atoms with Gasteiger partial charge in [0.1, 0.15) is 0 Å². The molecule has 0 bridgehead atoms. The van der Waals surface area contributed by atoms with Crippen LogP contribution >= 0.6 is 0 Å². The summed E-state index contributed by atoms with van der Waals surface area (Å²) in [5.74, 6) is 0. The van der Waals surface area contributed by atoms with E-state index < -0.39 is 0 Å². The molecule has 8 aromatic rings. The minimum atomic E-state index is 0.0297. The minimum Gasteiger partial charge on any atom is -0.0616 e. The van der Waals surface area contributed by atoms with E-state index in [2.05, 4.69) is 175 Å². The van der Waals surface area contributed by atoms with E-state index in [-0.39, 0.29) is 10.8 Å². The summed E-state index contributed by atoms with van der Waals surface area (Å²) in [7, 11) is 0. The molecule has 8 aromatic carbocycles. The van der Waals surface area contributed by atoms with Gasteiger partial charge in [-0.2, -0.15) is 0 Å². The fraction of sp³-hybridized carbons (Fsp3) is 0.174. The maximum Gasteiger partial charge on any atom is -0.00260 e. The second-order valence-corrected chi connectivity index (χ2v) is 15.1. The average molecular weight is 593 g/mol. The van der Waals surface area contributed by atoms with E-state index in [1.165, 1.54) is 87.2 Å². The number of hydrogen-bond donors (Lipinski definition) is 0. The Kier molecular flexibility index (Phi) is 6.38. The Hall–Kier alpha value is -4.94. The summed E-state index contributed by atoms with van der Waals surface area (Å²) in [6.07, 6.45) is 0. The van der Waals surface area contributed by atoms with Crippen molar-refractivity contribution in [1.29, 1.82) is 0 Å². The second-order valence-electron chi connectivity index (χ2n) is 15.1. The van der Waals surface area contributed by atoms with Gasteiger partial charge in [0.05, 0.1) is 0 Å². The zero-order valence-electron chi connectivity index (χ0n) is 27.7. The molecule has 0 unspecified atom stereocenters. The molecule has 0 spiro atoms. The molecule has 0 N–H and O–H groups in total. The van der Waals surface area contributed by atoms with Crippen LogP contribution in [0, 0.1) is 0 Å². The van der Waals surface area contributed by atoms with Crippen LogP contribution in [0.4, 0.5) is 0 Å². The summed E-state index contributed by atoms with van der Waals surface area (Å²) in [6.45, 7) is 13.9. The normalized spacial score (nSPS) is 12.6. The molecule has 0 heteroatoms. The van der Waals surface area contributed by atoms with Crippen LogP contribution in [-0.2, 0) is 10.8 Å². The molecule has 224 valence electrons. The van der Waals surface area contributed by atoms with Crippen molar-refractivity contribution >= 4 is 53.9 Å². The van der Waals surface area contributed by atoms with Crippen molar-refractivity contribution in [2.24, 2.45) is 0 Å². The van der Waals surface area contributed by atoms with Crippen LogP contribution in [0.1, 0.15) is 52.7 Å². The summed E-state index contributed by atoms with van der Waals surface area (Å²) in [5, 5.41) is 12.9. The Morgan fingerprint density at radius 1 is 0.304 bits per heavy atom. The van der Waals surface area contributed by atoms with Crippen molar-refractivity contribution in [3.63, 3.8) is 0 Å². The van der Waals surface area contributed by atoms with Crippen LogP contribution in [-0.4, -0.2) is 0 Å². The molecular weight excluding hydrogens is 553 g/mol. The summed E-state index contributed by atoms with van der Waals surface area (Å²) < 4.78 is 0. The molecule has 0 fully saturated rings. The van der Waals surface area contributed by atoms with Crippen LogP contribution in [0.2, 0.25) is 0 Å². The van der Waals surface area contributed by atoms with E-state index in [1.54, 1.807) is 0 Å². The Labute approximate surface area is 272 Å². The topological polar surface area (TPSA) is 0 Å². The first-order valence-electron chi connectivity index (χ1n) is 16.5. The van der Waals surface area contributed by atoms with Gasteiger partial charge in [0.25, 0.3) is 0 Å². The fourth-order valence-corrected chi connectivity index (χ4v) is 7.30. The number of rotatable bonds is 2. The predicted octanol–water partition coefficient (Wildman–Crippen LogP) is 13.4. The van der Waals surface area contributed by atoms with Gasteiger partial charge in [-0.15, -0.1) is 0 Å². The number of hydrogen-bond acceptors (Lipinski definition) is 0. The van der Waals surface area contributed by atoms with Crippen molar-refractivity contribution < 1.29 is 0 Å². The highest BCUT2D eigenvalue weighted by molar-refractivity contribution is 6.22. The SMILES string of the molecule is CC(C)(C)c1ccc2c(-c3ccc4c(ccc5ccccc54)c3)c3cc(C(C)(C)C)ccc3c(-c3ccc4ccccc4c3)c2c1. The van der Waals surface area contributed by atoms with Gasteiger partial charge in [-0.3, -0.25) is 0 Å². The van der Waals surface area contributed by atoms with E-state index in [0.717, 1.165) is 0 Å². The van der Waals surface area contributed by atoms with Crippen LogP contribution in [0.15, 0.2) is 133 Å². The standard InChI is InChI=1S/C46H40/c1-45(2,3)35-21-24-40-41(27-35)43(33-18-15-29-11-7-8-13-31(29)25-33)39-23-20-36(46(4,5)6)28-42(39)44(40)34-19-22-38-32(26-34)17-16-30-12-9-10-14-37(30)38/h7-28H,1-6H3. The molecule has 46 heavy (non-hydrogen) atoms. The lowest BCUT2D eigenvalue weighted by Crippen LogP contribution is -2.11. The molecule has 0 saturated carbocycles. The van der Waals surface area contributed by atoms with Crippen molar-refractivity contribution in [1.82, 2.24) is 0 Å². The van der Waals surface area contributed by atoms with Gasteiger partial charge >= 0.3 is 0 Å². The molecule has 0 atom stereocenters. The third-order valence-corrected chi connectivity index (χ3v) is 9.92. The molecule has 8 rings (SSSR count). The second kappa shape index (κ2) is 10.3. The van der Waals surface area contributed by atoms with E-state index in [0.29, 0.717) is 0 Å². The Morgan fingerprint density at radius 3 is 1.35 bits per heavy atom. The van der Waals surface area contributed by atoms with Gasteiger partial charge in [0, 0.05) is 0 Å². The van der Waals surface area contributed by atoms with Gasteiger partial charge in [0.2, 0.25) is 0 Å². The van der Waals surface area contributed by atoms with Crippen LogP contribution < -0.4 is 0 Å². The molecule has 0 nitrogen and oxygen atoms in total.